The highest BCUT2D eigenvalue weighted by Crippen LogP contribution is 2.34. The third kappa shape index (κ3) is 4.07. The Bertz CT molecular complexity index is 1120. The Labute approximate surface area is 183 Å². The summed E-state index contributed by atoms with van der Waals surface area (Å²) >= 11 is 0. The van der Waals surface area contributed by atoms with Crippen LogP contribution in [0.1, 0.15) is 72.1 Å². The fraction of sp³-hybridized carbons (Fsp3) is 0.333. The number of hydrogen-bond acceptors (Lipinski definition) is 3. The van der Waals surface area contributed by atoms with E-state index in [1.807, 2.05) is 42.5 Å². The zero-order chi connectivity index (χ0) is 22.1. The molecule has 0 fully saturated rings. The molecule has 4 heteroatoms. The Morgan fingerprint density at radius 1 is 0.871 bits per heavy atom. The van der Waals surface area contributed by atoms with Gasteiger partial charge in [-0.25, -0.2) is 4.79 Å². The number of nitrogens with one attached hydrogen (secondary N) is 1. The number of rotatable bonds is 6. The maximum atomic E-state index is 12.8. The van der Waals surface area contributed by atoms with Crippen LogP contribution >= 0.6 is 0 Å². The number of anilines is 1. The van der Waals surface area contributed by atoms with Gasteiger partial charge in [-0.15, -0.1) is 0 Å². The van der Waals surface area contributed by atoms with Crippen molar-refractivity contribution < 1.29 is 14.3 Å². The van der Waals surface area contributed by atoms with Gasteiger partial charge in [0.25, 0.3) is 5.91 Å². The maximum absolute atomic E-state index is 12.8. The van der Waals surface area contributed by atoms with E-state index in [2.05, 4.69) is 39.1 Å². The van der Waals surface area contributed by atoms with E-state index in [0.717, 1.165) is 40.4 Å². The third-order valence-electron chi connectivity index (χ3n) is 6.07. The van der Waals surface area contributed by atoms with Gasteiger partial charge in [0.2, 0.25) is 0 Å². The summed E-state index contributed by atoms with van der Waals surface area (Å²) in [5.41, 5.74) is 6.05. The number of carbonyl (C=O) groups is 2. The van der Waals surface area contributed by atoms with Crippen LogP contribution in [0.25, 0.3) is 10.8 Å². The first-order valence-electron chi connectivity index (χ1n) is 11.0. The van der Waals surface area contributed by atoms with Gasteiger partial charge in [-0.3, -0.25) is 4.79 Å². The van der Waals surface area contributed by atoms with E-state index < -0.39 is 5.97 Å². The van der Waals surface area contributed by atoms with E-state index in [4.69, 9.17) is 4.74 Å². The molecule has 0 saturated heterocycles. The molecule has 0 aliphatic heterocycles. The Morgan fingerprint density at radius 3 is 2.13 bits per heavy atom. The molecule has 0 atom stereocenters. The highest BCUT2D eigenvalue weighted by atomic mass is 16.5. The van der Waals surface area contributed by atoms with Crippen molar-refractivity contribution >= 4 is 28.3 Å². The maximum Gasteiger partial charge on any atom is 0.339 e. The van der Waals surface area contributed by atoms with E-state index >= 15 is 0 Å². The van der Waals surface area contributed by atoms with Gasteiger partial charge in [-0.2, -0.15) is 0 Å². The molecular formula is C27H29NO3. The van der Waals surface area contributed by atoms with Crippen molar-refractivity contribution in [3.05, 3.63) is 76.3 Å². The van der Waals surface area contributed by atoms with Gasteiger partial charge in [0.15, 0.2) is 6.61 Å². The molecule has 0 spiro atoms. The van der Waals surface area contributed by atoms with Gasteiger partial charge in [0.1, 0.15) is 0 Å². The van der Waals surface area contributed by atoms with Crippen LogP contribution in [-0.2, 0) is 22.4 Å². The molecule has 4 nitrogen and oxygen atoms in total. The van der Waals surface area contributed by atoms with Gasteiger partial charge >= 0.3 is 5.97 Å². The number of carbonyl (C=O) groups excluding carboxylic acids is 2. The number of hydrogen-bond donors (Lipinski definition) is 1. The van der Waals surface area contributed by atoms with Crippen molar-refractivity contribution in [2.75, 3.05) is 11.9 Å². The summed E-state index contributed by atoms with van der Waals surface area (Å²) in [4.78, 5) is 25.5. The molecule has 160 valence electrons. The second kappa shape index (κ2) is 8.54. The van der Waals surface area contributed by atoms with E-state index in [0.29, 0.717) is 5.56 Å². The second-order valence-electron chi connectivity index (χ2n) is 8.86. The number of ether oxygens (including phenoxy) is 1. The van der Waals surface area contributed by atoms with E-state index in [9.17, 15) is 9.59 Å². The Balaban J connectivity index is 1.51. The summed E-state index contributed by atoms with van der Waals surface area (Å²) in [6, 6.07) is 16.0. The minimum atomic E-state index is -0.466. The van der Waals surface area contributed by atoms with Crippen molar-refractivity contribution in [2.24, 2.45) is 0 Å². The largest absolute Gasteiger partial charge is 0.452 e. The molecule has 0 radical (unpaired) electrons. The molecule has 3 aromatic carbocycles. The van der Waals surface area contributed by atoms with Gasteiger partial charge in [0.05, 0.1) is 5.56 Å². The van der Waals surface area contributed by atoms with Crippen molar-refractivity contribution in [3.8, 4) is 0 Å². The SMILES string of the molecule is CC(C)c1cccc(C(C)C)c1NC(=O)COC(=O)c1ccc2c3c(cccc13)CC2. The predicted molar refractivity (Wildman–Crippen MR) is 125 cm³/mol. The highest BCUT2D eigenvalue weighted by Gasteiger charge is 2.21. The number of amides is 1. The molecular weight excluding hydrogens is 386 g/mol. The molecule has 1 amide bonds. The summed E-state index contributed by atoms with van der Waals surface area (Å²) in [5.74, 6) is -0.253. The molecule has 3 aromatic rings. The average molecular weight is 416 g/mol. The molecule has 1 aliphatic carbocycles. The van der Waals surface area contributed by atoms with Crippen LogP contribution in [-0.4, -0.2) is 18.5 Å². The first kappa shape index (κ1) is 21.1. The van der Waals surface area contributed by atoms with Crippen molar-refractivity contribution in [2.45, 2.75) is 52.4 Å². The monoisotopic (exact) mass is 415 g/mol. The van der Waals surface area contributed by atoms with Crippen LogP contribution in [0.2, 0.25) is 0 Å². The first-order valence-corrected chi connectivity index (χ1v) is 11.0. The summed E-state index contributed by atoms with van der Waals surface area (Å²) in [6.07, 6.45) is 2.00. The molecule has 0 bridgehead atoms. The first-order chi connectivity index (χ1) is 14.9. The van der Waals surface area contributed by atoms with Gasteiger partial charge in [-0.05, 0) is 63.8 Å². The van der Waals surface area contributed by atoms with Crippen LogP contribution in [0.15, 0.2) is 48.5 Å². The molecule has 0 unspecified atom stereocenters. The standard InChI is InChI=1S/C27H29NO3/c1-16(2)20-8-6-9-21(17(3)4)26(20)28-24(29)15-31-27(30)23-14-13-19-12-11-18-7-5-10-22(23)25(18)19/h5-10,13-14,16-17H,11-12,15H2,1-4H3,(H,28,29). The predicted octanol–water partition coefficient (Wildman–Crippen LogP) is 5.98. The highest BCUT2D eigenvalue weighted by molar-refractivity contribution is 6.07. The normalized spacial score (nSPS) is 12.6. The van der Waals surface area contributed by atoms with E-state index in [1.165, 1.54) is 11.1 Å². The zero-order valence-corrected chi connectivity index (χ0v) is 18.6. The smallest absolute Gasteiger partial charge is 0.339 e. The molecule has 0 saturated carbocycles. The average Bonchev–Trinajstić information content (AvgIpc) is 3.17. The van der Waals surface area contributed by atoms with Crippen LogP contribution in [0.3, 0.4) is 0 Å². The summed E-state index contributed by atoms with van der Waals surface area (Å²) in [6.45, 7) is 8.09. The summed E-state index contributed by atoms with van der Waals surface area (Å²) in [5, 5.41) is 5.07. The Kier molecular flexibility index (Phi) is 5.81. The van der Waals surface area contributed by atoms with Crippen molar-refractivity contribution in [1.29, 1.82) is 0 Å². The van der Waals surface area contributed by atoms with Gasteiger partial charge < -0.3 is 10.1 Å². The topological polar surface area (TPSA) is 55.4 Å². The van der Waals surface area contributed by atoms with Crippen LogP contribution < -0.4 is 5.32 Å². The van der Waals surface area contributed by atoms with Crippen LogP contribution in [0, 0.1) is 0 Å². The van der Waals surface area contributed by atoms with Crippen molar-refractivity contribution in [1.82, 2.24) is 0 Å². The zero-order valence-electron chi connectivity index (χ0n) is 18.6. The quantitative estimate of drug-likeness (QED) is 0.504. The van der Waals surface area contributed by atoms with E-state index in [-0.39, 0.29) is 24.3 Å². The fourth-order valence-electron chi connectivity index (χ4n) is 4.50. The van der Waals surface area contributed by atoms with E-state index in [1.54, 1.807) is 0 Å². The number of benzene rings is 3. The molecule has 0 heterocycles. The lowest BCUT2D eigenvalue weighted by molar-refractivity contribution is -0.119. The van der Waals surface area contributed by atoms with Crippen molar-refractivity contribution in [3.63, 3.8) is 0 Å². The Hall–Kier alpha value is -3.14. The van der Waals surface area contributed by atoms with Gasteiger partial charge in [0, 0.05) is 5.69 Å². The number of para-hydroxylation sites is 1. The summed E-state index contributed by atoms with van der Waals surface area (Å²) < 4.78 is 5.42. The van der Waals surface area contributed by atoms with Gasteiger partial charge in [-0.1, -0.05) is 70.2 Å². The molecule has 0 aromatic heterocycles. The second-order valence-corrected chi connectivity index (χ2v) is 8.86. The minimum Gasteiger partial charge on any atom is -0.452 e. The number of esters is 1. The lowest BCUT2D eigenvalue weighted by atomic mass is 9.92. The van der Waals surface area contributed by atoms with Crippen LogP contribution in [0.4, 0.5) is 5.69 Å². The lowest BCUT2D eigenvalue weighted by Gasteiger charge is -2.20. The molecule has 1 N–H and O–H groups in total. The fourth-order valence-corrected chi connectivity index (χ4v) is 4.50. The molecule has 4 rings (SSSR count). The number of aryl methyl sites for hydroxylation is 2. The lowest BCUT2D eigenvalue weighted by Crippen LogP contribution is -2.23. The third-order valence-corrected chi connectivity index (χ3v) is 6.07. The minimum absolute atomic E-state index is 0.269. The molecule has 31 heavy (non-hydrogen) atoms. The van der Waals surface area contributed by atoms with Crippen LogP contribution in [0.5, 0.6) is 0 Å². The Morgan fingerprint density at radius 2 is 1.48 bits per heavy atom. The summed E-state index contributed by atoms with van der Waals surface area (Å²) in [7, 11) is 0. The molecule has 1 aliphatic rings.